The molecule has 0 amide bonds. The second-order valence-corrected chi connectivity index (χ2v) is 7.81. The van der Waals surface area contributed by atoms with E-state index in [2.05, 4.69) is 36.3 Å². The summed E-state index contributed by atoms with van der Waals surface area (Å²) in [6.07, 6.45) is 3.41. The zero-order valence-corrected chi connectivity index (χ0v) is 19.4. The van der Waals surface area contributed by atoms with Crippen LogP contribution in [0.3, 0.4) is 0 Å². The molecule has 5 nitrogen and oxygen atoms in total. The van der Waals surface area contributed by atoms with Gasteiger partial charge in [0.25, 0.3) is 0 Å². The minimum Gasteiger partial charge on any atom is -0.496 e. The predicted molar refractivity (Wildman–Crippen MR) is 129 cm³/mol. The lowest BCUT2D eigenvalue weighted by Crippen LogP contribution is -2.31. The highest BCUT2D eigenvalue weighted by atomic mass is 35.5. The van der Waals surface area contributed by atoms with Crippen molar-refractivity contribution in [3.8, 4) is 11.5 Å². The molecule has 2 rings (SSSR count). The summed E-state index contributed by atoms with van der Waals surface area (Å²) in [5.74, 6) is 1.84. The molecule has 0 radical (unpaired) electrons. The monoisotopic (exact) mass is 445 g/mol. The van der Waals surface area contributed by atoms with E-state index in [1.54, 1.807) is 19.4 Å². The first-order chi connectivity index (χ1) is 14.3. The average molecular weight is 446 g/mol. The van der Waals surface area contributed by atoms with Gasteiger partial charge in [-0.05, 0) is 72.1 Å². The summed E-state index contributed by atoms with van der Waals surface area (Å²) in [6.45, 7) is 10.8. The molecule has 2 aromatic carbocycles. The van der Waals surface area contributed by atoms with Gasteiger partial charge in [0.1, 0.15) is 18.1 Å². The number of hydrazone groups is 1. The lowest BCUT2D eigenvalue weighted by Gasteiger charge is -2.15. The predicted octanol–water partition coefficient (Wildman–Crippen LogP) is 5.34. The molecule has 30 heavy (non-hydrogen) atoms. The van der Waals surface area contributed by atoms with E-state index >= 15 is 0 Å². The van der Waals surface area contributed by atoms with Crippen LogP contribution >= 0.6 is 23.8 Å². The zero-order valence-electron chi connectivity index (χ0n) is 17.8. The Hall–Kier alpha value is -2.57. The molecule has 0 aliphatic carbocycles. The van der Waals surface area contributed by atoms with E-state index in [1.165, 1.54) is 0 Å². The third kappa shape index (κ3) is 6.75. The number of thiocarbonyl (C=S) groups is 1. The van der Waals surface area contributed by atoms with Crippen molar-refractivity contribution < 1.29 is 9.47 Å². The third-order valence-corrected chi connectivity index (χ3v) is 5.12. The van der Waals surface area contributed by atoms with Gasteiger partial charge in [0.2, 0.25) is 0 Å². The molecule has 0 fully saturated rings. The molecule has 7 heteroatoms. The quantitative estimate of drug-likeness (QED) is 0.236. The van der Waals surface area contributed by atoms with E-state index in [4.69, 9.17) is 33.3 Å². The van der Waals surface area contributed by atoms with Gasteiger partial charge in [0.05, 0.1) is 13.3 Å². The molecule has 0 unspecified atom stereocenters. The molecule has 0 atom stereocenters. The number of benzene rings is 2. The van der Waals surface area contributed by atoms with Gasteiger partial charge >= 0.3 is 0 Å². The fraction of sp³-hybridized carbons (Fsp3) is 0.304. The number of hydrogen-bond acceptors (Lipinski definition) is 4. The van der Waals surface area contributed by atoms with Gasteiger partial charge < -0.3 is 14.8 Å². The first kappa shape index (κ1) is 23.7. The molecule has 2 N–H and O–H groups in total. The highest BCUT2D eigenvalue weighted by molar-refractivity contribution is 7.80. The lowest BCUT2D eigenvalue weighted by molar-refractivity contribution is 0.296. The Morgan fingerprint density at radius 1 is 1.30 bits per heavy atom. The number of methoxy groups -OCH3 is 1. The molecule has 0 aliphatic heterocycles. The van der Waals surface area contributed by atoms with Crippen molar-refractivity contribution in [2.75, 3.05) is 13.7 Å². The van der Waals surface area contributed by atoms with Crippen molar-refractivity contribution in [2.45, 2.75) is 33.3 Å². The molecule has 2 aromatic rings. The molecule has 0 heterocycles. The smallest absolute Gasteiger partial charge is 0.187 e. The second kappa shape index (κ2) is 11.6. The summed E-state index contributed by atoms with van der Waals surface area (Å²) >= 11 is 11.5. The first-order valence-corrected chi connectivity index (χ1v) is 10.4. The van der Waals surface area contributed by atoms with Crippen LogP contribution in [0.5, 0.6) is 11.5 Å². The Morgan fingerprint density at radius 2 is 2.07 bits per heavy atom. The van der Waals surface area contributed by atoms with Crippen molar-refractivity contribution in [3.05, 3.63) is 70.3 Å². The number of ether oxygens (including phenoxy) is 2. The van der Waals surface area contributed by atoms with Crippen LogP contribution in [0.15, 0.2) is 48.1 Å². The van der Waals surface area contributed by atoms with Crippen LogP contribution in [0.4, 0.5) is 0 Å². The fourth-order valence-electron chi connectivity index (χ4n) is 2.79. The number of halogens is 1. The summed E-state index contributed by atoms with van der Waals surface area (Å²) in [6, 6.07) is 9.72. The minimum atomic E-state index is 0.313. The number of rotatable bonds is 9. The van der Waals surface area contributed by atoms with Crippen LogP contribution in [-0.2, 0) is 6.61 Å². The molecular formula is C23H28ClN3O2S. The molecule has 160 valence electrons. The lowest BCUT2D eigenvalue weighted by atomic mass is 10.0. The highest BCUT2D eigenvalue weighted by Crippen LogP contribution is 2.32. The topological polar surface area (TPSA) is 54.9 Å². The van der Waals surface area contributed by atoms with Crippen molar-refractivity contribution in [2.24, 2.45) is 5.10 Å². The standard InChI is InChI=1S/C23H28ClN3O2S/c1-6-9-25-23(30)27-26-13-17-7-8-21(28-5)18(11-17)14-29-19-10-16(4)22(24)20(12-19)15(2)3/h6-8,10-13,15H,1,9,14H2,2-5H3,(H2,25,27,30)/b26-13-. The Bertz CT molecular complexity index is 929. The van der Waals surface area contributed by atoms with Gasteiger partial charge in [-0.3, -0.25) is 5.43 Å². The molecular weight excluding hydrogens is 418 g/mol. The summed E-state index contributed by atoms with van der Waals surface area (Å²) in [4.78, 5) is 0. The highest BCUT2D eigenvalue weighted by Gasteiger charge is 2.11. The maximum Gasteiger partial charge on any atom is 0.187 e. The van der Waals surface area contributed by atoms with E-state index in [1.807, 2.05) is 37.3 Å². The second-order valence-electron chi connectivity index (χ2n) is 7.03. The Labute approximate surface area is 189 Å². The van der Waals surface area contributed by atoms with Gasteiger partial charge in [0.15, 0.2) is 5.11 Å². The number of aryl methyl sites for hydroxylation is 1. The van der Waals surface area contributed by atoms with E-state index in [9.17, 15) is 0 Å². The maximum atomic E-state index is 6.43. The third-order valence-electron chi connectivity index (χ3n) is 4.36. The van der Waals surface area contributed by atoms with Crippen LogP contribution < -0.4 is 20.2 Å². The van der Waals surface area contributed by atoms with Crippen molar-refractivity contribution in [3.63, 3.8) is 0 Å². The van der Waals surface area contributed by atoms with Gasteiger partial charge in [-0.2, -0.15) is 5.10 Å². The van der Waals surface area contributed by atoms with Crippen molar-refractivity contribution >= 4 is 35.1 Å². The summed E-state index contributed by atoms with van der Waals surface area (Å²) in [7, 11) is 1.64. The summed E-state index contributed by atoms with van der Waals surface area (Å²) in [5.41, 5.74) is 6.64. The molecule has 0 bridgehead atoms. The van der Waals surface area contributed by atoms with Gasteiger partial charge in [0, 0.05) is 17.1 Å². The van der Waals surface area contributed by atoms with E-state index in [0.717, 1.165) is 38.8 Å². The van der Waals surface area contributed by atoms with Crippen molar-refractivity contribution in [1.29, 1.82) is 0 Å². The molecule has 0 aromatic heterocycles. The number of hydrogen-bond donors (Lipinski definition) is 2. The Balaban J connectivity index is 2.13. The first-order valence-electron chi connectivity index (χ1n) is 9.63. The van der Waals surface area contributed by atoms with E-state index in [-0.39, 0.29) is 0 Å². The zero-order chi connectivity index (χ0) is 22.1. The molecule has 0 spiro atoms. The van der Waals surface area contributed by atoms with Crippen molar-refractivity contribution in [1.82, 2.24) is 10.7 Å². The molecule has 0 saturated carbocycles. The Kier molecular flexibility index (Phi) is 9.15. The normalized spacial score (nSPS) is 10.9. The number of nitrogens with one attached hydrogen (secondary N) is 2. The van der Waals surface area contributed by atoms with Crippen LogP contribution in [-0.4, -0.2) is 25.0 Å². The van der Waals surface area contributed by atoms with Crippen LogP contribution in [0, 0.1) is 6.92 Å². The largest absolute Gasteiger partial charge is 0.496 e. The minimum absolute atomic E-state index is 0.313. The van der Waals surface area contributed by atoms with Crippen LogP contribution in [0.1, 0.15) is 42.0 Å². The van der Waals surface area contributed by atoms with Crippen LogP contribution in [0.25, 0.3) is 0 Å². The SMILES string of the molecule is C=CCNC(=S)N/N=C\c1ccc(OC)c(COc2cc(C)c(Cl)c(C(C)C)c2)c1. The maximum absolute atomic E-state index is 6.43. The average Bonchev–Trinajstić information content (AvgIpc) is 2.72. The van der Waals surface area contributed by atoms with E-state index < -0.39 is 0 Å². The van der Waals surface area contributed by atoms with E-state index in [0.29, 0.717) is 24.2 Å². The van der Waals surface area contributed by atoms with Gasteiger partial charge in [-0.25, -0.2) is 0 Å². The Morgan fingerprint density at radius 3 is 2.73 bits per heavy atom. The van der Waals surface area contributed by atoms with Crippen LogP contribution in [0.2, 0.25) is 5.02 Å². The molecule has 0 aliphatic rings. The van der Waals surface area contributed by atoms with Gasteiger partial charge in [-0.1, -0.05) is 31.5 Å². The molecule has 0 saturated heterocycles. The van der Waals surface area contributed by atoms with Gasteiger partial charge in [-0.15, -0.1) is 6.58 Å². The summed E-state index contributed by atoms with van der Waals surface area (Å²) < 4.78 is 11.5. The summed E-state index contributed by atoms with van der Waals surface area (Å²) in [5, 5.41) is 8.32. The fourth-order valence-corrected chi connectivity index (χ4v) is 3.25. The number of nitrogens with zero attached hydrogens (tertiary/aromatic N) is 1.